The Balaban J connectivity index is 2.33. The monoisotopic (exact) mass is 280 g/mol. The number of anilines is 2. The number of hydrogen-bond donors (Lipinski definition) is 1. The number of aryl methyl sites for hydroxylation is 1. The van der Waals surface area contributed by atoms with Crippen LogP contribution in [0.2, 0.25) is 0 Å². The van der Waals surface area contributed by atoms with Crippen molar-refractivity contribution in [2.24, 2.45) is 0 Å². The Kier molecular flexibility index (Phi) is 4.55. The van der Waals surface area contributed by atoms with Crippen LogP contribution in [0.15, 0.2) is 6.07 Å². The predicted molar refractivity (Wildman–Crippen MR) is 81.5 cm³/mol. The van der Waals surface area contributed by atoms with Crippen LogP contribution in [0.25, 0.3) is 10.2 Å². The van der Waals surface area contributed by atoms with Gasteiger partial charge in [0.05, 0.1) is 12.0 Å². The van der Waals surface area contributed by atoms with Crippen molar-refractivity contribution >= 4 is 33.3 Å². The molecule has 0 saturated carbocycles. The molecule has 0 spiro atoms. The smallest absolute Gasteiger partial charge is 0.225 e. The van der Waals surface area contributed by atoms with Crippen LogP contribution >= 0.6 is 11.3 Å². The molecule has 6 heteroatoms. The summed E-state index contributed by atoms with van der Waals surface area (Å²) in [5, 5.41) is 4.13. The molecule has 0 unspecified atom stereocenters. The lowest BCUT2D eigenvalue weighted by Crippen LogP contribution is -2.24. The van der Waals surface area contributed by atoms with Gasteiger partial charge in [-0.2, -0.15) is 4.98 Å². The molecule has 0 fully saturated rings. The molecule has 2 rings (SSSR count). The molecule has 0 amide bonds. The topological polar surface area (TPSA) is 50.3 Å². The van der Waals surface area contributed by atoms with E-state index in [9.17, 15) is 0 Å². The number of thiophene rings is 1. The van der Waals surface area contributed by atoms with Crippen molar-refractivity contribution in [2.75, 3.05) is 44.1 Å². The molecule has 0 saturated heterocycles. The lowest BCUT2D eigenvalue weighted by Gasteiger charge is -2.19. The van der Waals surface area contributed by atoms with Gasteiger partial charge in [-0.25, -0.2) is 4.98 Å². The van der Waals surface area contributed by atoms with Gasteiger partial charge in [-0.3, -0.25) is 0 Å². The molecule has 104 valence electrons. The maximum absolute atomic E-state index is 5.40. The average molecular weight is 280 g/mol. The fourth-order valence-electron chi connectivity index (χ4n) is 1.88. The van der Waals surface area contributed by atoms with Crippen molar-refractivity contribution in [3.8, 4) is 0 Å². The zero-order valence-corrected chi connectivity index (χ0v) is 12.7. The number of nitrogens with zero attached hydrogens (tertiary/aromatic N) is 3. The molecule has 0 aromatic carbocycles. The molecule has 2 aromatic heterocycles. The van der Waals surface area contributed by atoms with Crippen molar-refractivity contribution in [3.63, 3.8) is 0 Å². The number of nitrogens with one attached hydrogen (secondary N) is 1. The molecule has 0 atom stereocenters. The van der Waals surface area contributed by atoms with Crippen molar-refractivity contribution < 1.29 is 4.74 Å². The molecule has 0 bridgehead atoms. The van der Waals surface area contributed by atoms with E-state index in [1.807, 2.05) is 21.0 Å². The van der Waals surface area contributed by atoms with E-state index in [1.54, 1.807) is 11.3 Å². The molecule has 2 aromatic rings. The average Bonchev–Trinajstić information content (AvgIpc) is 2.77. The van der Waals surface area contributed by atoms with Gasteiger partial charge >= 0.3 is 0 Å². The molecule has 0 aliphatic heterocycles. The van der Waals surface area contributed by atoms with Crippen LogP contribution in [-0.4, -0.2) is 43.8 Å². The van der Waals surface area contributed by atoms with E-state index in [0.29, 0.717) is 12.6 Å². The quantitative estimate of drug-likeness (QED) is 0.824. The third-order valence-electron chi connectivity index (χ3n) is 2.86. The first-order chi connectivity index (χ1) is 9.15. The van der Waals surface area contributed by atoms with Crippen molar-refractivity contribution in [3.05, 3.63) is 10.9 Å². The van der Waals surface area contributed by atoms with Crippen LogP contribution in [0.5, 0.6) is 0 Å². The minimum Gasteiger partial charge on any atom is -0.380 e. The predicted octanol–water partition coefficient (Wildman–Crippen LogP) is 2.51. The molecule has 0 aliphatic carbocycles. The normalized spacial score (nSPS) is 10.9. The van der Waals surface area contributed by atoms with Gasteiger partial charge in [0.2, 0.25) is 5.95 Å². The summed E-state index contributed by atoms with van der Waals surface area (Å²) in [6, 6.07) is 2.14. The third-order valence-corrected chi connectivity index (χ3v) is 3.80. The first-order valence-electron chi connectivity index (χ1n) is 6.40. The van der Waals surface area contributed by atoms with Gasteiger partial charge < -0.3 is 15.0 Å². The van der Waals surface area contributed by atoms with Gasteiger partial charge in [-0.05, 0) is 19.9 Å². The second kappa shape index (κ2) is 6.16. The molecular formula is C13H20N4OS. The molecule has 19 heavy (non-hydrogen) atoms. The maximum atomic E-state index is 5.40. The van der Waals surface area contributed by atoms with Gasteiger partial charge in [-0.1, -0.05) is 0 Å². The Morgan fingerprint density at radius 1 is 1.42 bits per heavy atom. The minimum absolute atomic E-state index is 0.660. The highest BCUT2D eigenvalue weighted by Gasteiger charge is 2.13. The van der Waals surface area contributed by atoms with Crippen molar-refractivity contribution in [1.82, 2.24) is 9.97 Å². The molecule has 1 N–H and O–H groups in total. The Labute approximate surface area is 117 Å². The summed E-state index contributed by atoms with van der Waals surface area (Å²) in [6.45, 7) is 6.36. The van der Waals surface area contributed by atoms with Crippen LogP contribution in [0.1, 0.15) is 11.8 Å². The van der Waals surface area contributed by atoms with E-state index in [4.69, 9.17) is 4.74 Å². The van der Waals surface area contributed by atoms with Gasteiger partial charge in [-0.15, -0.1) is 11.3 Å². The summed E-state index contributed by atoms with van der Waals surface area (Å²) in [6.07, 6.45) is 0. The Morgan fingerprint density at radius 3 is 2.89 bits per heavy atom. The SMILES string of the molecule is CCOCCN(C)c1nc(NC)nc2sc(C)cc12. The Hall–Kier alpha value is -1.40. The fourth-order valence-corrected chi connectivity index (χ4v) is 2.76. The standard InChI is InChI=1S/C13H20N4OS/c1-5-18-7-6-17(4)11-10-8-9(2)19-12(10)16-13(14-3)15-11/h8H,5-7H2,1-4H3,(H,14,15,16). The number of hydrogen-bond acceptors (Lipinski definition) is 6. The van der Waals surface area contributed by atoms with Crippen LogP contribution in [0, 0.1) is 6.92 Å². The highest BCUT2D eigenvalue weighted by Crippen LogP contribution is 2.31. The van der Waals surface area contributed by atoms with Gasteiger partial charge in [0.15, 0.2) is 0 Å². The Bertz CT molecular complexity index is 555. The second-order valence-electron chi connectivity index (χ2n) is 4.32. The zero-order valence-electron chi connectivity index (χ0n) is 11.9. The van der Waals surface area contributed by atoms with Crippen LogP contribution in [0.3, 0.4) is 0 Å². The lowest BCUT2D eigenvalue weighted by molar-refractivity contribution is 0.154. The van der Waals surface area contributed by atoms with Gasteiger partial charge in [0.1, 0.15) is 10.6 Å². The van der Waals surface area contributed by atoms with Crippen LogP contribution in [-0.2, 0) is 4.74 Å². The Morgan fingerprint density at radius 2 is 2.21 bits per heavy atom. The van der Waals surface area contributed by atoms with E-state index in [2.05, 4.69) is 33.2 Å². The number of ether oxygens (including phenoxy) is 1. The van der Waals surface area contributed by atoms with Crippen LogP contribution in [0.4, 0.5) is 11.8 Å². The van der Waals surface area contributed by atoms with Crippen molar-refractivity contribution in [1.29, 1.82) is 0 Å². The maximum Gasteiger partial charge on any atom is 0.225 e. The summed E-state index contributed by atoms with van der Waals surface area (Å²) in [4.78, 5) is 13.4. The van der Waals surface area contributed by atoms with E-state index >= 15 is 0 Å². The van der Waals surface area contributed by atoms with Crippen LogP contribution < -0.4 is 10.2 Å². The number of aromatic nitrogens is 2. The lowest BCUT2D eigenvalue weighted by atomic mass is 10.3. The third kappa shape index (κ3) is 3.13. The van der Waals surface area contributed by atoms with E-state index < -0.39 is 0 Å². The largest absolute Gasteiger partial charge is 0.380 e. The summed E-state index contributed by atoms with van der Waals surface area (Å²) < 4.78 is 5.40. The van der Waals surface area contributed by atoms with Gasteiger partial charge in [0, 0.05) is 32.1 Å². The highest BCUT2D eigenvalue weighted by atomic mass is 32.1. The zero-order chi connectivity index (χ0) is 13.8. The summed E-state index contributed by atoms with van der Waals surface area (Å²) in [5.41, 5.74) is 0. The highest BCUT2D eigenvalue weighted by molar-refractivity contribution is 7.18. The number of likely N-dealkylation sites (N-methyl/N-ethyl adjacent to an activating group) is 1. The molecule has 0 aliphatic rings. The summed E-state index contributed by atoms with van der Waals surface area (Å²) >= 11 is 1.69. The molecule has 2 heterocycles. The fraction of sp³-hybridized carbons (Fsp3) is 0.538. The first kappa shape index (κ1) is 14.0. The summed E-state index contributed by atoms with van der Waals surface area (Å²) in [5.74, 6) is 1.62. The molecular weight excluding hydrogens is 260 g/mol. The van der Waals surface area contributed by atoms with E-state index in [-0.39, 0.29) is 0 Å². The number of fused-ring (bicyclic) bond motifs is 1. The summed E-state index contributed by atoms with van der Waals surface area (Å²) in [7, 11) is 3.87. The molecule has 0 radical (unpaired) electrons. The van der Waals surface area contributed by atoms with E-state index in [1.165, 1.54) is 4.88 Å². The van der Waals surface area contributed by atoms with E-state index in [0.717, 1.165) is 29.2 Å². The molecule has 5 nitrogen and oxygen atoms in total. The first-order valence-corrected chi connectivity index (χ1v) is 7.22. The van der Waals surface area contributed by atoms with Crippen molar-refractivity contribution in [2.45, 2.75) is 13.8 Å². The minimum atomic E-state index is 0.660. The number of rotatable bonds is 6. The van der Waals surface area contributed by atoms with Gasteiger partial charge in [0.25, 0.3) is 0 Å². The second-order valence-corrected chi connectivity index (χ2v) is 5.55.